The molecule has 128 valence electrons. The van der Waals surface area contributed by atoms with Gasteiger partial charge in [0.15, 0.2) is 22.5 Å². The third kappa shape index (κ3) is 3.95. The highest BCUT2D eigenvalue weighted by atomic mass is 79.9. The Morgan fingerprint density at radius 2 is 2.20 bits per heavy atom. The number of nitrogens with two attached hydrogens (primary N) is 1. The molecular formula is C17H16BrN5OS. The minimum atomic E-state index is -0.0500. The molecule has 0 unspecified atom stereocenters. The van der Waals surface area contributed by atoms with Gasteiger partial charge in [0.25, 0.3) is 0 Å². The number of anilines is 1. The third-order valence-corrected chi connectivity index (χ3v) is 5.05. The van der Waals surface area contributed by atoms with Gasteiger partial charge < -0.3 is 15.4 Å². The van der Waals surface area contributed by atoms with Crippen LogP contribution in [-0.4, -0.2) is 24.6 Å². The van der Waals surface area contributed by atoms with Gasteiger partial charge in [0.05, 0.1) is 12.9 Å². The molecule has 1 aromatic rings. The van der Waals surface area contributed by atoms with Crippen LogP contribution >= 0.6 is 27.7 Å². The van der Waals surface area contributed by atoms with E-state index >= 15 is 0 Å². The average Bonchev–Trinajstić information content (AvgIpc) is 3.02. The van der Waals surface area contributed by atoms with Crippen LogP contribution < -0.4 is 5.73 Å². The van der Waals surface area contributed by atoms with E-state index in [0.717, 1.165) is 21.4 Å². The van der Waals surface area contributed by atoms with Crippen molar-refractivity contribution in [3.8, 4) is 23.9 Å². The number of rotatable bonds is 6. The number of hydrogen-bond acceptors (Lipinski definition) is 6. The quantitative estimate of drug-likeness (QED) is 0.472. The second kappa shape index (κ2) is 7.87. The maximum Gasteiger partial charge on any atom is 0.195 e. The Morgan fingerprint density at radius 3 is 2.96 bits per heavy atom. The van der Waals surface area contributed by atoms with Crippen LogP contribution in [0.2, 0.25) is 0 Å². The van der Waals surface area contributed by atoms with E-state index in [0.29, 0.717) is 35.5 Å². The van der Waals surface area contributed by atoms with Crippen molar-refractivity contribution in [1.82, 2.24) is 19.5 Å². The van der Waals surface area contributed by atoms with Crippen molar-refractivity contribution in [2.24, 2.45) is 0 Å². The summed E-state index contributed by atoms with van der Waals surface area (Å²) in [6.07, 6.45) is 8.49. The van der Waals surface area contributed by atoms with Gasteiger partial charge in [-0.05, 0) is 35.9 Å². The fourth-order valence-electron chi connectivity index (χ4n) is 2.35. The summed E-state index contributed by atoms with van der Waals surface area (Å²) in [5.41, 5.74) is 7.34. The molecule has 0 aromatic heterocycles. The Labute approximate surface area is 158 Å². The van der Waals surface area contributed by atoms with Gasteiger partial charge in [0, 0.05) is 22.3 Å². The topological polar surface area (TPSA) is 89.9 Å². The zero-order chi connectivity index (χ0) is 17.8. The molecule has 3 rings (SSSR count). The van der Waals surface area contributed by atoms with Crippen molar-refractivity contribution < 1.29 is 5.11 Å². The molecule has 2 aliphatic rings. The molecule has 25 heavy (non-hydrogen) atoms. The molecule has 3 N–H and O–H groups in total. The number of terminal acetylenes is 1. The zero-order valence-corrected chi connectivity index (χ0v) is 15.7. The van der Waals surface area contributed by atoms with Crippen molar-refractivity contribution in [2.45, 2.75) is 36.0 Å². The summed E-state index contributed by atoms with van der Waals surface area (Å²) in [6.45, 7) is 0.654. The summed E-state index contributed by atoms with van der Waals surface area (Å²) in [5.74, 6) is 3.66. The fraction of sp³-hybridized carbons (Fsp3) is 0.235. The van der Waals surface area contributed by atoms with Crippen LogP contribution in [0, 0.1) is 12.3 Å². The number of aliphatic hydroxyl groups excluding tert-OH is 1. The number of unbranched alkanes of at least 4 members (excludes halogenated alkanes) is 1. The Kier molecular flexibility index (Phi) is 5.58. The van der Waals surface area contributed by atoms with E-state index < -0.39 is 0 Å². The minimum Gasteiger partial charge on any atom is -0.392 e. The Balaban J connectivity index is 1.94. The Bertz CT molecular complexity index is 905. The first-order chi connectivity index (χ1) is 12.1. The number of aromatic nitrogens is 4. The summed E-state index contributed by atoms with van der Waals surface area (Å²) < 4.78 is 2.84. The molecule has 8 heteroatoms. The number of benzene rings is 1. The number of aryl methyl sites for hydroxylation is 1. The van der Waals surface area contributed by atoms with E-state index in [2.05, 4.69) is 36.8 Å². The lowest BCUT2D eigenvalue weighted by molar-refractivity contribution is 0.279. The molecule has 0 saturated carbocycles. The lowest BCUT2D eigenvalue weighted by Crippen LogP contribution is -2.08. The summed E-state index contributed by atoms with van der Waals surface area (Å²) in [5, 5.41) is 10.1. The van der Waals surface area contributed by atoms with E-state index in [-0.39, 0.29) is 6.61 Å². The third-order valence-electron chi connectivity index (χ3n) is 3.59. The number of nitrogens with zero attached hydrogens (tertiary/aromatic N) is 4. The van der Waals surface area contributed by atoms with Crippen molar-refractivity contribution in [3.05, 3.63) is 34.6 Å². The lowest BCUT2D eigenvalue weighted by atomic mass is 10.2. The van der Waals surface area contributed by atoms with Crippen LogP contribution in [0.4, 0.5) is 5.82 Å². The van der Waals surface area contributed by atoms with Crippen LogP contribution in [0.15, 0.2) is 39.1 Å². The van der Waals surface area contributed by atoms with Gasteiger partial charge in [-0.2, -0.15) is 0 Å². The number of halogens is 1. The highest BCUT2D eigenvalue weighted by Gasteiger charge is 2.20. The normalized spacial score (nSPS) is 10.9. The summed E-state index contributed by atoms with van der Waals surface area (Å²) in [4.78, 5) is 14.2. The number of hydrogen-bond donors (Lipinski definition) is 2. The number of fused-ring (bicyclic) bond motifs is 1. The van der Waals surface area contributed by atoms with Crippen molar-refractivity contribution >= 4 is 33.5 Å². The highest BCUT2D eigenvalue weighted by molar-refractivity contribution is 9.10. The van der Waals surface area contributed by atoms with Crippen LogP contribution in [0.3, 0.4) is 0 Å². The van der Waals surface area contributed by atoms with Gasteiger partial charge in [-0.3, -0.25) is 0 Å². The maximum absolute atomic E-state index is 9.52. The first-order valence-electron chi connectivity index (χ1n) is 7.61. The average molecular weight is 418 g/mol. The molecule has 0 saturated heterocycles. The predicted octanol–water partition coefficient (Wildman–Crippen LogP) is 3.18. The Morgan fingerprint density at radius 1 is 1.36 bits per heavy atom. The van der Waals surface area contributed by atoms with E-state index in [1.165, 1.54) is 11.8 Å². The Hall–Kier alpha value is -2.08. The highest BCUT2D eigenvalue weighted by Crippen LogP contribution is 2.34. The molecule has 0 radical (unpaired) electrons. The summed E-state index contributed by atoms with van der Waals surface area (Å²) in [6, 6.07) is 5.68. The lowest BCUT2D eigenvalue weighted by Gasteiger charge is -2.09. The van der Waals surface area contributed by atoms with E-state index in [1.54, 1.807) is 6.33 Å². The largest absolute Gasteiger partial charge is 0.392 e. The fourth-order valence-corrected chi connectivity index (χ4v) is 3.78. The number of imidazole rings is 1. The van der Waals surface area contributed by atoms with Crippen LogP contribution in [0.1, 0.15) is 18.4 Å². The number of nitrogen functional groups attached to an aromatic ring is 1. The molecule has 6 nitrogen and oxygen atoms in total. The standard InChI is InChI=1S/C17H16BrN5OS/c1-2-3-4-7-23-10-20-15(19)14-16(23)22-17(21-14)25-13-8-12(18)6-5-11(13)9-24/h1,5-6,8,10,24H,3-4,7,9,19H2. The minimum absolute atomic E-state index is 0.0500. The molecule has 0 fully saturated rings. The molecule has 0 aliphatic carbocycles. The molecule has 0 amide bonds. The predicted molar refractivity (Wildman–Crippen MR) is 101 cm³/mol. The van der Waals surface area contributed by atoms with Gasteiger partial charge in [-0.15, -0.1) is 12.3 Å². The second-order valence-electron chi connectivity index (χ2n) is 5.32. The van der Waals surface area contributed by atoms with Gasteiger partial charge in [-0.1, -0.05) is 22.0 Å². The first kappa shape index (κ1) is 17.7. The van der Waals surface area contributed by atoms with Crippen molar-refractivity contribution in [3.63, 3.8) is 0 Å². The van der Waals surface area contributed by atoms with Gasteiger partial charge >= 0.3 is 0 Å². The molecule has 2 aliphatic heterocycles. The van der Waals surface area contributed by atoms with Crippen molar-refractivity contribution in [1.29, 1.82) is 0 Å². The summed E-state index contributed by atoms with van der Waals surface area (Å²) >= 11 is 4.83. The first-order valence-corrected chi connectivity index (χ1v) is 9.22. The van der Waals surface area contributed by atoms with Gasteiger partial charge in [-0.25, -0.2) is 15.0 Å². The van der Waals surface area contributed by atoms with E-state index in [1.807, 2.05) is 22.8 Å². The molecule has 0 bridgehead atoms. The molecular weight excluding hydrogens is 402 g/mol. The monoisotopic (exact) mass is 417 g/mol. The smallest absolute Gasteiger partial charge is 0.195 e. The van der Waals surface area contributed by atoms with Crippen LogP contribution in [0.5, 0.6) is 0 Å². The van der Waals surface area contributed by atoms with E-state index in [9.17, 15) is 5.11 Å². The SMILES string of the molecule is C#CCCCn1cnc(N)c2nc(Sc3cc(Br)ccc3CO)nc1-2. The van der Waals surface area contributed by atoms with Gasteiger partial charge in [0.1, 0.15) is 0 Å². The van der Waals surface area contributed by atoms with Crippen LogP contribution in [-0.2, 0) is 13.2 Å². The molecule has 1 aromatic carbocycles. The van der Waals surface area contributed by atoms with E-state index in [4.69, 9.17) is 12.2 Å². The molecule has 0 atom stereocenters. The molecule has 2 heterocycles. The maximum atomic E-state index is 9.52. The van der Waals surface area contributed by atoms with Crippen LogP contribution in [0.25, 0.3) is 11.5 Å². The summed E-state index contributed by atoms with van der Waals surface area (Å²) in [7, 11) is 0. The molecule has 0 spiro atoms. The van der Waals surface area contributed by atoms with Gasteiger partial charge in [0.2, 0.25) is 0 Å². The van der Waals surface area contributed by atoms with Crippen molar-refractivity contribution in [2.75, 3.05) is 5.73 Å². The number of aliphatic hydroxyl groups is 1. The second-order valence-corrected chi connectivity index (χ2v) is 7.25. The zero-order valence-electron chi connectivity index (χ0n) is 13.3.